The number of imidazole rings is 1. The van der Waals surface area contributed by atoms with Gasteiger partial charge in [0.2, 0.25) is 11.7 Å². The van der Waals surface area contributed by atoms with Crippen molar-refractivity contribution in [2.24, 2.45) is 0 Å². The van der Waals surface area contributed by atoms with Gasteiger partial charge in [0.25, 0.3) is 0 Å². The van der Waals surface area contributed by atoms with Crippen LogP contribution in [0.4, 0.5) is 14.6 Å². The van der Waals surface area contributed by atoms with E-state index in [1.54, 1.807) is 12.1 Å². The number of carbonyl (C=O) groups excluding carboxylic acids is 1. The Morgan fingerprint density at radius 1 is 1.10 bits per heavy atom. The minimum absolute atomic E-state index is 0.0958. The molecule has 0 saturated carbocycles. The van der Waals surface area contributed by atoms with Crippen LogP contribution in [0.2, 0.25) is 0 Å². The summed E-state index contributed by atoms with van der Waals surface area (Å²) < 4.78 is 39.1. The molecule has 0 radical (unpaired) electrons. The fraction of sp³-hybridized carbons (Fsp3) is 0.200. The summed E-state index contributed by atoms with van der Waals surface area (Å²) in [7, 11) is 2.81. The maximum Gasteiger partial charge on any atom is 0.226 e. The molecule has 1 aliphatic heterocycles. The molecule has 0 fully saturated rings. The van der Waals surface area contributed by atoms with Gasteiger partial charge in [0, 0.05) is 18.4 Å². The van der Waals surface area contributed by atoms with Crippen LogP contribution >= 0.6 is 0 Å². The Balaban J connectivity index is 1.85. The molecule has 2 heterocycles. The number of ether oxygens (including phenoxy) is 2. The highest BCUT2D eigenvalue weighted by Crippen LogP contribution is 2.44. The molecule has 1 atom stereocenters. The first-order valence-corrected chi connectivity index (χ1v) is 8.69. The molecular weight excluding hydrogens is 384 g/mol. The Bertz CT molecular complexity index is 1070. The molecule has 0 aliphatic carbocycles. The number of aromatic hydroxyl groups is 1. The number of nitrogens with zero attached hydrogens (tertiary/aromatic N) is 2. The standard InChI is InChI=1S/C20H17F2N3O4/c1-28-15-3-10(4-16(29-2)19(15)27)14-8-17(26)24-20-18(14)23-9-25(20)13-6-11(21)5-12(22)7-13/h3-7,9,14,27H,8H2,1-2H3,(H,24,26)/t14-/m0/s1. The summed E-state index contributed by atoms with van der Waals surface area (Å²) in [5.74, 6) is -1.68. The number of methoxy groups -OCH3 is 2. The molecular formula is C20H17F2N3O4. The van der Waals surface area contributed by atoms with E-state index < -0.39 is 17.6 Å². The number of fused-ring (bicyclic) bond motifs is 1. The summed E-state index contributed by atoms with van der Waals surface area (Å²) in [6.45, 7) is 0. The lowest BCUT2D eigenvalue weighted by Gasteiger charge is -2.24. The molecule has 1 aliphatic rings. The number of halogens is 2. The zero-order valence-corrected chi connectivity index (χ0v) is 15.6. The molecule has 2 aromatic carbocycles. The summed E-state index contributed by atoms with van der Waals surface area (Å²) in [6.07, 6.45) is 1.49. The maximum atomic E-state index is 13.7. The molecule has 0 bridgehead atoms. The minimum Gasteiger partial charge on any atom is -0.502 e. The van der Waals surface area contributed by atoms with E-state index in [1.165, 1.54) is 25.1 Å². The van der Waals surface area contributed by atoms with Crippen molar-refractivity contribution in [3.8, 4) is 22.9 Å². The lowest BCUT2D eigenvalue weighted by atomic mass is 9.89. The van der Waals surface area contributed by atoms with Gasteiger partial charge in [0.1, 0.15) is 23.8 Å². The van der Waals surface area contributed by atoms with Crippen molar-refractivity contribution < 1.29 is 28.2 Å². The third kappa shape index (κ3) is 3.24. The highest BCUT2D eigenvalue weighted by atomic mass is 19.1. The third-order valence-electron chi connectivity index (χ3n) is 4.80. The first-order valence-electron chi connectivity index (χ1n) is 8.69. The van der Waals surface area contributed by atoms with Gasteiger partial charge < -0.3 is 19.9 Å². The number of phenols is 1. The summed E-state index contributed by atoms with van der Waals surface area (Å²) in [6, 6.07) is 6.27. The van der Waals surface area contributed by atoms with E-state index in [0.717, 1.165) is 18.2 Å². The first kappa shape index (κ1) is 18.7. The highest BCUT2D eigenvalue weighted by Gasteiger charge is 2.32. The predicted octanol–water partition coefficient (Wildman–Crippen LogP) is 3.35. The lowest BCUT2D eigenvalue weighted by Crippen LogP contribution is -2.25. The molecule has 29 heavy (non-hydrogen) atoms. The fourth-order valence-electron chi connectivity index (χ4n) is 3.47. The molecule has 0 unspecified atom stereocenters. The number of aromatic nitrogens is 2. The zero-order chi connectivity index (χ0) is 20.7. The second kappa shape index (κ2) is 7.08. The molecule has 0 saturated heterocycles. The van der Waals surface area contributed by atoms with E-state index in [1.807, 2.05) is 0 Å². The maximum absolute atomic E-state index is 13.7. The fourth-order valence-corrected chi connectivity index (χ4v) is 3.47. The average molecular weight is 401 g/mol. The van der Waals surface area contributed by atoms with E-state index in [4.69, 9.17) is 9.47 Å². The number of rotatable bonds is 4. The SMILES string of the molecule is COc1cc([C@@H]2CC(=O)Nc3c2ncn3-c2cc(F)cc(F)c2)cc(OC)c1O. The van der Waals surface area contributed by atoms with Gasteiger partial charge in [0.05, 0.1) is 25.6 Å². The average Bonchev–Trinajstić information content (AvgIpc) is 3.10. The van der Waals surface area contributed by atoms with Crippen molar-refractivity contribution in [2.75, 3.05) is 19.5 Å². The van der Waals surface area contributed by atoms with Gasteiger partial charge in [0.15, 0.2) is 11.5 Å². The van der Waals surface area contributed by atoms with Crippen LogP contribution in [-0.4, -0.2) is 34.8 Å². The number of hydrogen-bond acceptors (Lipinski definition) is 5. The van der Waals surface area contributed by atoms with E-state index in [0.29, 0.717) is 17.1 Å². The van der Waals surface area contributed by atoms with Crippen molar-refractivity contribution in [1.82, 2.24) is 9.55 Å². The highest BCUT2D eigenvalue weighted by molar-refractivity contribution is 5.94. The van der Waals surface area contributed by atoms with Crippen molar-refractivity contribution >= 4 is 11.7 Å². The van der Waals surface area contributed by atoms with Gasteiger partial charge in [-0.15, -0.1) is 0 Å². The van der Waals surface area contributed by atoms with Crippen LogP contribution in [0.15, 0.2) is 36.7 Å². The van der Waals surface area contributed by atoms with Crippen LogP contribution < -0.4 is 14.8 Å². The molecule has 3 aromatic rings. The van der Waals surface area contributed by atoms with Gasteiger partial charge in [-0.3, -0.25) is 9.36 Å². The number of nitrogens with one attached hydrogen (secondary N) is 1. The summed E-state index contributed by atoms with van der Waals surface area (Å²) >= 11 is 0. The van der Waals surface area contributed by atoms with E-state index in [-0.39, 0.29) is 35.3 Å². The normalized spacial score (nSPS) is 15.6. The van der Waals surface area contributed by atoms with Crippen LogP contribution in [0.1, 0.15) is 23.6 Å². The lowest BCUT2D eigenvalue weighted by molar-refractivity contribution is -0.116. The Labute approximate surface area is 164 Å². The molecule has 1 amide bonds. The molecule has 9 heteroatoms. The van der Waals surface area contributed by atoms with Crippen molar-refractivity contribution in [3.05, 3.63) is 59.6 Å². The van der Waals surface area contributed by atoms with Crippen molar-refractivity contribution in [2.45, 2.75) is 12.3 Å². The number of carbonyl (C=O) groups is 1. The van der Waals surface area contributed by atoms with Gasteiger partial charge >= 0.3 is 0 Å². The second-order valence-electron chi connectivity index (χ2n) is 6.55. The molecule has 1 aromatic heterocycles. The van der Waals surface area contributed by atoms with Crippen LogP contribution in [0.3, 0.4) is 0 Å². The molecule has 2 N–H and O–H groups in total. The molecule has 7 nitrogen and oxygen atoms in total. The minimum atomic E-state index is -0.742. The Kier molecular flexibility index (Phi) is 4.57. The smallest absolute Gasteiger partial charge is 0.226 e. The van der Waals surface area contributed by atoms with E-state index in [9.17, 15) is 18.7 Å². The summed E-state index contributed by atoms with van der Waals surface area (Å²) in [4.78, 5) is 16.8. The number of phenolic OH excluding ortho intramolecular Hbond substituents is 1. The van der Waals surface area contributed by atoms with Crippen molar-refractivity contribution in [3.63, 3.8) is 0 Å². The Morgan fingerprint density at radius 3 is 2.31 bits per heavy atom. The number of amides is 1. The first-order chi connectivity index (χ1) is 13.9. The monoisotopic (exact) mass is 401 g/mol. The molecule has 4 rings (SSSR count). The molecule has 0 spiro atoms. The number of anilines is 1. The van der Waals surface area contributed by atoms with Gasteiger partial charge in [-0.25, -0.2) is 13.8 Å². The Hall–Kier alpha value is -3.62. The Morgan fingerprint density at radius 2 is 1.72 bits per heavy atom. The van der Waals surface area contributed by atoms with Crippen LogP contribution in [0, 0.1) is 11.6 Å². The number of benzene rings is 2. The predicted molar refractivity (Wildman–Crippen MR) is 99.8 cm³/mol. The topological polar surface area (TPSA) is 85.6 Å². The van der Waals surface area contributed by atoms with E-state index >= 15 is 0 Å². The second-order valence-corrected chi connectivity index (χ2v) is 6.55. The number of hydrogen-bond donors (Lipinski definition) is 2. The van der Waals surface area contributed by atoms with Crippen molar-refractivity contribution in [1.29, 1.82) is 0 Å². The summed E-state index contributed by atoms with van der Waals surface area (Å²) in [5.41, 5.74) is 1.35. The van der Waals surface area contributed by atoms with Crippen LogP contribution in [0.5, 0.6) is 17.2 Å². The van der Waals surface area contributed by atoms with Crippen LogP contribution in [0.25, 0.3) is 5.69 Å². The quantitative estimate of drug-likeness (QED) is 0.700. The van der Waals surface area contributed by atoms with Gasteiger partial charge in [-0.1, -0.05) is 0 Å². The zero-order valence-electron chi connectivity index (χ0n) is 15.6. The van der Waals surface area contributed by atoms with Gasteiger partial charge in [-0.05, 0) is 29.8 Å². The summed E-state index contributed by atoms with van der Waals surface area (Å²) in [5, 5.41) is 12.9. The van der Waals surface area contributed by atoms with Crippen LogP contribution in [-0.2, 0) is 4.79 Å². The third-order valence-corrected chi connectivity index (χ3v) is 4.80. The van der Waals surface area contributed by atoms with E-state index in [2.05, 4.69) is 10.3 Å². The molecule has 150 valence electrons. The largest absolute Gasteiger partial charge is 0.502 e. The van der Waals surface area contributed by atoms with Gasteiger partial charge in [-0.2, -0.15) is 0 Å².